The monoisotopic (exact) mass is 258 g/mol. The minimum Gasteiger partial charge on any atom is -0.486 e. The Morgan fingerprint density at radius 1 is 1.24 bits per heavy atom. The second-order valence-electron chi connectivity index (χ2n) is 4.81. The van der Waals surface area contributed by atoms with Crippen LogP contribution in [0.1, 0.15) is 25.0 Å². The van der Waals surface area contributed by atoms with E-state index in [0.29, 0.717) is 5.75 Å². The molecule has 0 aliphatic heterocycles. The molecular weight excluding hydrogens is 240 g/mol. The predicted octanol–water partition coefficient (Wildman–Crippen LogP) is 2.35. The van der Waals surface area contributed by atoms with Crippen molar-refractivity contribution in [3.63, 3.8) is 0 Å². The normalized spacial score (nSPS) is 12.5. The highest BCUT2D eigenvalue weighted by molar-refractivity contribution is 7.85. The van der Waals surface area contributed by atoms with Crippen LogP contribution in [0.4, 0.5) is 0 Å². The third-order valence-electron chi connectivity index (χ3n) is 2.32. The molecule has 1 rings (SSSR count). The Balaban J connectivity index is 2.98. The van der Waals surface area contributed by atoms with Crippen LogP contribution in [0.2, 0.25) is 0 Å². The van der Waals surface area contributed by atoms with Gasteiger partial charge in [-0.3, -0.25) is 4.55 Å². The quantitative estimate of drug-likeness (QED) is 0.842. The molecule has 1 aromatic rings. The lowest BCUT2D eigenvalue weighted by Gasteiger charge is -2.27. The van der Waals surface area contributed by atoms with Gasteiger partial charge in [0.2, 0.25) is 0 Å². The number of hydrogen-bond acceptors (Lipinski definition) is 3. The molecule has 0 fully saturated rings. The van der Waals surface area contributed by atoms with Crippen LogP contribution < -0.4 is 4.74 Å². The van der Waals surface area contributed by atoms with Gasteiger partial charge in [-0.15, -0.1) is 0 Å². The van der Waals surface area contributed by atoms with Crippen LogP contribution in [-0.4, -0.2) is 24.3 Å². The lowest BCUT2D eigenvalue weighted by atomic mass is 10.1. The Bertz CT molecular complexity index is 483. The maximum absolute atomic E-state index is 10.9. The first-order valence-electron chi connectivity index (χ1n) is 5.31. The molecule has 4 nitrogen and oxygen atoms in total. The van der Waals surface area contributed by atoms with Crippen molar-refractivity contribution in [2.45, 2.75) is 33.3 Å². The molecule has 0 heterocycles. The van der Waals surface area contributed by atoms with Gasteiger partial charge in [-0.1, -0.05) is 18.2 Å². The minimum atomic E-state index is -4.05. The van der Waals surface area contributed by atoms with Crippen molar-refractivity contribution in [2.75, 3.05) is 5.75 Å². The summed E-state index contributed by atoms with van der Waals surface area (Å²) in [5, 5.41) is 0. The number of rotatable bonds is 4. The van der Waals surface area contributed by atoms with Gasteiger partial charge in [0, 0.05) is 0 Å². The highest BCUT2D eigenvalue weighted by Gasteiger charge is 2.27. The van der Waals surface area contributed by atoms with Crippen LogP contribution in [-0.2, 0) is 10.1 Å². The molecule has 96 valence electrons. The van der Waals surface area contributed by atoms with E-state index in [-0.39, 0.29) is 0 Å². The van der Waals surface area contributed by atoms with Crippen molar-refractivity contribution in [3.05, 3.63) is 29.3 Å². The maximum atomic E-state index is 10.9. The average Bonchev–Trinajstić information content (AvgIpc) is 2.07. The van der Waals surface area contributed by atoms with E-state index < -0.39 is 21.5 Å². The topological polar surface area (TPSA) is 63.6 Å². The van der Waals surface area contributed by atoms with Crippen LogP contribution in [0.5, 0.6) is 5.75 Å². The molecular formula is C12H18O4S. The summed E-state index contributed by atoms with van der Waals surface area (Å²) in [5.41, 5.74) is 0.909. The first-order chi connectivity index (χ1) is 7.61. The molecule has 1 N–H and O–H groups in total. The van der Waals surface area contributed by atoms with Crippen molar-refractivity contribution in [1.82, 2.24) is 0 Å². The van der Waals surface area contributed by atoms with E-state index in [1.807, 2.05) is 32.0 Å². The molecule has 0 spiro atoms. The molecule has 0 bridgehead atoms. The summed E-state index contributed by atoms with van der Waals surface area (Å²) in [6.07, 6.45) is 0. The average molecular weight is 258 g/mol. The largest absolute Gasteiger partial charge is 0.486 e. The Morgan fingerprint density at radius 2 is 1.71 bits per heavy atom. The summed E-state index contributed by atoms with van der Waals surface area (Å²) in [7, 11) is -4.05. The highest BCUT2D eigenvalue weighted by Crippen LogP contribution is 2.27. The van der Waals surface area contributed by atoms with Crippen molar-refractivity contribution in [2.24, 2.45) is 0 Å². The summed E-state index contributed by atoms with van der Waals surface area (Å²) in [6.45, 7) is 7.05. The van der Waals surface area contributed by atoms with E-state index in [1.165, 1.54) is 0 Å². The molecule has 0 radical (unpaired) electrons. The molecule has 5 heteroatoms. The van der Waals surface area contributed by atoms with Gasteiger partial charge >= 0.3 is 0 Å². The number of ether oxygens (including phenoxy) is 1. The van der Waals surface area contributed by atoms with E-state index >= 15 is 0 Å². The zero-order valence-corrected chi connectivity index (χ0v) is 11.3. The second-order valence-corrected chi connectivity index (χ2v) is 6.26. The van der Waals surface area contributed by atoms with Gasteiger partial charge in [-0.05, 0) is 38.8 Å². The van der Waals surface area contributed by atoms with Crippen molar-refractivity contribution >= 4 is 10.1 Å². The fraction of sp³-hybridized carbons (Fsp3) is 0.500. The summed E-state index contributed by atoms with van der Waals surface area (Å²) >= 11 is 0. The number of hydrogen-bond donors (Lipinski definition) is 1. The standard InChI is InChI=1S/C12H18O4S/c1-9-6-5-7-10(2)11(9)16-12(3,4)8-17(13,14)15/h5-7H,8H2,1-4H3,(H,13,14,15). The van der Waals surface area contributed by atoms with Crippen LogP contribution in [0, 0.1) is 13.8 Å². The first-order valence-corrected chi connectivity index (χ1v) is 6.92. The molecule has 0 aliphatic rings. The van der Waals surface area contributed by atoms with Crippen molar-refractivity contribution < 1.29 is 17.7 Å². The Labute approximate surface area is 102 Å². The third-order valence-corrected chi connectivity index (χ3v) is 3.38. The van der Waals surface area contributed by atoms with Crippen LogP contribution in [0.15, 0.2) is 18.2 Å². The number of aryl methyl sites for hydroxylation is 2. The molecule has 0 amide bonds. The zero-order chi connectivity index (χ0) is 13.3. The van der Waals surface area contributed by atoms with Gasteiger partial charge in [-0.25, -0.2) is 0 Å². The van der Waals surface area contributed by atoms with Crippen molar-refractivity contribution in [1.29, 1.82) is 0 Å². The molecule has 0 saturated heterocycles. The fourth-order valence-corrected chi connectivity index (χ4v) is 2.64. The van der Waals surface area contributed by atoms with Crippen LogP contribution in [0.25, 0.3) is 0 Å². The maximum Gasteiger partial charge on any atom is 0.268 e. The van der Waals surface area contributed by atoms with E-state index in [1.54, 1.807) is 13.8 Å². The van der Waals surface area contributed by atoms with E-state index in [0.717, 1.165) is 11.1 Å². The second kappa shape index (κ2) is 4.66. The molecule has 0 unspecified atom stereocenters. The smallest absolute Gasteiger partial charge is 0.268 e. The molecule has 0 atom stereocenters. The number of para-hydroxylation sites is 1. The van der Waals surface area contributed by atoms with E-state index in [4.69, 9.17) is 9.29 Å². The van der Waals surface area contributed by atoms with Gasteiger partial charge in [0.25, 0.3) is 10.1 Å². The van der Waals surface area contributed by atoms with Gasteiger partial charge in [0.05, 0.1) is 0 Å². The number of benzene rings is 1. The highest BCUT2D eigenvalue weighted by atomic mass is 32.2. The third kappa shape index (κ3) is 4.36. The SMILES string of the molecule is Cc1cccc(C)c1OC(C)(C)CS(=O)(=O)O. The van der Waals surface area contributed by atoms with E-state index in [2.05, 4.69) is 0 Å². The van der Waals surface area contributed by atoms with Gasteiger partial charge in [0.15, 0.2) is 0 Å². The molecule has 0 saturated carbocycles. The Hall–Kier alpha value is -1.07. The van der Waals surface area contributed by atoms with Gasteiger partial charge in [0.1, 0.15) is 17.1 Å². The first kappa shape index (κ1) is 14.0. The lowest BCUT2D eigenvalue weighted by Crippen LogP contribution is -2.37. The summed E-state index contributed by atoms with van der Waals surface area (Å²) in [5.74, 6) is 0.231. The van der Waals surface area contributed by atoms with Crippen molar-refractivity contribution in [3.8, 4) is 5.75 Å². The van der Waals surface area contributed by atoms with Crippen LogP contribution in [0.3, 0.4) is 0 Å². The van der Waals surface area contributed by atoms with Gasteiger partial charge < -0.3 is 4.74 Å². The molecule has 1 aromatic carbocycles. The van der Waals surface area contributed by atoms with E-state index in [9.17, 15) is 8.42 Å². The predicted molar refractivity (Wildman–Crippen MR) is 67.0 cm³/mol. The summed E-state index contributed by atoms with van der Waals surface area (Å²) in [4.78, 5) is 0. The van der Waals surface area contributed by atoms with Gasteiger partial charge in [-0.2, -0.15) is 8.42 Å². The summed E-state index contributed by atoms with van der Waals surface area (Å²) < 4.78 is 36.3. The minimum absolute atomic E-state index is 0.437. The summed E-state index contributed by atoms with van der Waals surface area (Å²) in [6, 6.07) is 5.70. The molecule has 17 heavy (non-hydrogen) atoms. The van der Waals surface area contributed by atoms with Crippen LogP contribution >= 0.6 is 0 Å². The lowest BCUT2D eigenvalue weighted by molar-refractivity contribution is 0.129. The Morgan fingerprint density at radius 3 is 2.12 bits per heavy atom. The molecule has 0 aliphatic carbocycles. The molecule has 0 aromatic heterocycles. The zero-order valence-electron chi connectivity index (χ0n) is 10.5. The fourth-order valence-electron chi connectivity index (χ4n) is 1.71. The Kier molecular flexibility index (Phi) is 3.84.